The SMILES string of the molecule is Cc1c(C2(N)CC2)cc2c(c1Cl)OCO2. The molecule has 1 aliphatic carbocycles. The van der Waals surface area contributed by atoms with Crippen molar-refractivity contribution in [2.45, 2.75) is 25.3 Å². The van der Waals surface area contributed by atoms with E-state index in [0.29, 0.717) is 10.8 Å². The van der Waals surface area contributed by atoms with Crippen LogP contribution in [0.1, 0.15) is 24.0 Å². The molecule has 15 heavy (non-hydrogen) atoms. The molecule has 2 aliphatic rings. The number of rotatable bonds is 1. The van der Waals surface area contributed by atoms with Crippen LogP contribution in [0, 0.1) is 6.92 Å². The number of benzene rings is 1. The van der Waals surface area contributed by atoms with Crippen molar-refractivity contribution < 1.29 is 9.47 Å². The van der Waals surface area contributed by atoms with Gasteiger partial charge in [0.15, 0.2) is 11.5 Å². The number of halogens is 1. The zero-order chi connectivity index (χ0) is 10.6. The lowest BCUT2D eigenvalue weighted by molar-refractivity contribution is 0.174. The first-order chi connectivity index (χ1) is 7.12. The molecule has 80 valence electrons. The van der Waals surface area contributed by atoms with E-state index in [-0.39, 0.29) is 12.3 Å². The summed E-state index contributed by atoms with van der Waals surface area (Å²) in [6, 6.07) is 1.97. The number of hydrogen-bond acceptors (Lipinski definition) is 3. The van der Waals surface area contributed by atoms with Crippen molar-refractivity contribution in [3.05, 3.63) is 22.2 Å². The number of nitrogens with two attached hydrogens (primary N) is 1. The Balaban J connectivity index is 2.20. The molecule has 0 unspecified atom stereocenters. The van der Waals surface area contributed by atoms with E-state index >= 15 is 0 Å². The third-order valence-electron chi connectivity index (χ3n) is 3.17. The lowest BCUT2D eigenvalue weighted by atomic mass is 9.99. The van der Waals surface area contributed by atoms with Gasteiger partial charge in [0.05, 0.1) is 5.02 Å². The van der Waals surface area contributed by atoms with Crippen molar-refractivity contribution in [3.63, 3.8) is 0 Å². The minimum atomic E-state index is -0.186. The lowest BCUT2D eigenvalue weighted by Crippen LogP contribution is -2.20. The van der Waals surface area contributed by atoms with Crippen LogP contribution in [0.15, 0.2) is 6.07 Å². The van der Waals surface area contributed by atoms with E-state index in [0.717, 1.165) is 29.7 Å². The second-order valence-electron chi connectivity index (χ2n) is 4.25. The van der Waals surface area contributed by atoms with Gasteiger partial charge in [-0.15, -0.1) is 0 Å². The Morgan fingerprint density at radius 3 is 2.80 bits per heavy atom. The van der Waals surface area contributed by atoms with E-state index in [1.54, 1.807) is 0 Å². The van der Waals surface area contributed by atoms with Crippen LogP contribution >= 0.6 is 11.6 Å². The van der Waals surface area contributed by atoms with Crippen molar-refractivity contribution in [1.29, 1.82) is 0 Å². The predicted molar refractivity (Wildman–Crippen MR) is 57.4 cm³/mol. The molecule has 1 aliphatic heterocycles. The van der Waals surface area contributed by atoms with Crippen LogP contribution in [0.4, 0.5) is 0 Å². The molecule has 0 atom stereocenters. The van der Waals surface area contributed by atoms with E-state index in [2.05, 4.69) is 0 Å². The third kappa shape index (κ3) is 1.23. The van der Waals surface area contributed by atoms with Crippen LogP contribution in [0.5, 0.6) is 11.5 Å². The molecule has 0 amide bonds. The Morgan fingerprint density at radius 2 is 2.13 bits per heavy atom. The van der Waals surface area contributed by atoms with Gasteiger partial charge in [0, 0.05) is 5.54 Å². The summed E-state index contributed by atoms with van der Waals surface area (Å²) in [7, 11) is 0. The summed E-state index contributed by atoms with van der Waals surface area (Å²) in [6.45, 7) is 2.22. The zero-order valence-electron chi connectivity index (χ0n) is 8.47. The monoisotopic (exact) mass is 225 g/mol. The number of hydrogen-bond donors (Lipinski definition) is 1. The molecule has 1 fully saturated rings. The summed E-state index contributed by atoms with van der Waals surface area (Å²) >= 11 is 6.22. The van der Waals surface area contributed by atoms with Gasteiger partial charge in [0.1, 0.15) is 0 Å². The minimum absolute atomic E-state index is 0.186. The van der Waals surface area contributed by atoms with E-state index in [4.69, 9.17) is 26.8 Å². The fourth-order valence-corrected chi connectivity index (χ4v) is 2.27. The molecule has 3 rings (SSSR count). The minimum Gasteiger partial charge on any atom is -0.454 e. The maximum Gasteiger partial charge on any atom is 0.231 e. The lowest BCUT2D eigenvalue weighted by Gasteiger charge is -2.15. The molecule has 0 aromatic heterocycles. The van der Waals surface area contributed by atoms with Gasteiger partial charge in [-0.1, -0.05) is 11.6 Å². The van der Waals surface area contributed by atoms with Crippen LogP contribution in [0.2, 0.25) is 5.02 Å². The maximum atomic E-state index is 6.22. The predicted octanol–water partition coefficient (Wildman–Crippen LogP) is 2.32. The molecular weight excluding hydrogens is 214 g/mol. The Kier molecular flexibility index (Phi) is 1.74. The highest BCUT2D eigenvalue weighted by Gasteiger charge is 2.42. The first kappa shape index (κ1) is 9.31. The number of ether oxygens (including phenoxy) is 2. The third-order valence-corrected chi connectivity index (χ3v) is 3.63. The van der Waals surface area contributed by atoms with E-state index in [1.807, 2.05) is 13.0 Å². The highest BCUT2D eigenvalue weighted by Crippen LogP contribution is 2.50. The van der Waals surface area contributed by atoms with Crippen molar-refractivity contribution in [1.82, 2.24) is 0 Å². The summed E-state index contributed by atoms with van der Waals surface area (Å²) in [6.07, 6.45) is 2.04. The van der Waals surface area contributed by atoms with Crippen LogP contribution in [0.25, 0.3) is 0 Å². The average molecular weight is 226 g/mol. The van der Waals surface area contributed by atoms with Gasteiger partial charge < -0.3 is 15.2 Å². The van der Waals surface area contributed by atoms with Crippen LogP contribution in [0.3, 0.4) is 0 Å². The summed E-state index contributed by atoms with van der Waals surface area (Å²) < 4.78 is 10.6. The summed E-state index contributed by atoms with van der Waals surface area (Å²) in [5.74, 6) is 1.37. The molecule has 3 nitrogen and oxygen atoms in total. The van der Waals surface area contributed by atoms with Crippen molar-refractivity contribution in [2.75, 3.05) is 6.79 Å². The Hall–Kier alpha value is -0.930. The van der Waals surface area contributed by atoms with Crippen molar-refractivity contribution >= 4 is 11.6 Å². The summed E-state index contributed by atoms with van der Waals surface area (Å²) in [5, 5.41) is 0.636. The maximum absolute atomic E-state index is 6.22. The van der Waals surface area contributed by atoms with Crippen molar-refractivity contribution in [3.8, 4) is 11.5 Å². The molecule has 4 heteroatoms. The van der Waals surface area contributed by atoms with Gasteiger partial charge in [-0.05, 0) is 37.0 Å². The summed E-state index contributed by atoms with van der Waals surface area (Å²) in [5.41, 5.74) is 8.10. The molecule has 0 spiro atoms. The first-order valence-electron chi connectivity index (χ1n) is 5.00. The van der Waals surface area contributed by atoms with E-state index < -0.39 is 0 Å². The Labute approximate surface area is 93.1 Å². The van der Waals surface area contributed by atoms with E-state index in [1.165, 1.54) is 0 Å². The quantitative estimate of drug-likeness (QED) is 0.798. The molecule has 1 aromatic carbocycles. The van der Waals surface area contributed by atoms with Crippen LogP contribution in [-0.4, -0.2) is 6.79 Å². The van der Waals surface area contributed by atoms with Gasteiger partial charge in [0.25, 0.3) is 0 Å². The highest BCUT2D eigenvalue weighted by atomic mass is 35.5. The van der Waals surface area contributed by atoms with Gasteiger partial charge in [-0.3, -0.25) is 0 Å². The van der Waals surface area contributed by atoms with Crippen LogP contribution < -0.4 is 15.2 Å². The molecule has 0 radical (unpaired) electrons. The Bertz CT molecular complexity index is 441. The fraction of sp³-hybridized carbons (Fsp3) is 0.455. The largest absolute Gasteiger partial charge is 0.454 e. The number of fused-ring (bicyclic) bond motifs is 1. The second-order valence-corrected chi connectivity index (χ2v) is 4.63. The van der Waals surface area contributed by atoms with E-state index in [9.17, 15) is 0 Å². The molecule has 1 aromatic rings. The Morgan fingerprint density at radius 1 is 1.40 bits per heavy atom. The smallest absolute Gasteiger partial charge is 0.231 e. The summed E-state index contributed by atoms with van der Waals surface area (Å²) in [4.78, 5) is 0. The highest BCUT2D eigenvalue weighted by molar-refractivity contribution is 6.33. The molecule has 2 N–H and O–H groups in total. The standard InChI is InChI=1S/C11H12ClNO2/c1-6-7(11(13)2-3-11)4-8-10(9(6)12)15-5-14-8/h4H,2-3,5,13H2,1H3. The molecule has 1 saturated carbocycles. The van der Waals surface area contributed by atoms with Gasteiger partial charge in [0.2, 0.25) is 6.79 Å². The van der Waals surface area contributed by atoms with Gasteiger partial charge in [-0.25, -0.2) is 0 Å². The average Bonchev–Trinajstić information content (AvgIpc) is 2.80. The zero-order valence-corrected chi connectivity index (χ0v) is 9.23. The first-order valence-corrected chi connectivity index (χ1v) is 5.38. The molecule has 0 saturated heterocycles. The topological polar surface area (TPSA) is 44.5 Å². The molecule has 1 heterocycles. The normalized spacial score (nSPS) is 20.5. The second kappa shape index (κ2) is 2.80. The van der Waals surface area contributed by atoms with Gasteiger partial charge in [-0.2, -0.15) is 0 Å². The molecular formula is C11H12ClNO2. The van der Waals surface area contributed by atoms with Gasteiger partial charge >= 0.3 is 0 Å². The molecule has 0 bridgehead atoms. The van der Waals surface area contributed by atoms with Crippen molar-refractivity contribution in [2.24, 2.45) is 5.73 Å². The van der Waals surface area contributed by atoms with Crippen LogP contribution in [-0.2, 0) is 5.54 Å². The fourth-order valence-electron chi connectivity index (χ4n) is 2.02.